The van der Waals surface area contributed by atoms with Gasteiger partial charge in [0.2, 0.25) is 0 Å². The molecule has 1 fully saturated rings. The van der Waals surface area contributed by atoms with Crippen LogP contribution in [0.2, 0.25) is 0 Å². The predicted octanol–water partition coefficient (Wildman–Crippen LogP) is 1.27. The Labute approximate surface area is 111 Å². The summed E-state index contributed by atoms with van der Waals surface area (Å²) in [5.74, 6) is 6.34. The van der Waals surface area contributed by atoms with Crippen molar-refractivity contribution in [3.05, 3.63) is 30.4 Å². The molecule has 0 aromatic carbocycles. The van der Waals surface area contributed by atoms with Crippen LogP contribution in [0.4, 0.5) is 0 Å². The Balaban J connectivity index is 1.95. The number of aliphatic imine (C=N–C) groups is 1. The molecule has 2 heterocycles. The third kappa shape index (κ3) is 2.44. The number of rotatable bonds is 2. The van der Waals surface area contributed by atoms with Gasteiger partial charge in [0.1, 0.15) is 5.84 Å². The zero-order chi connectivity index (χ0) is 13.1. The minimum Gasteiger partial charge on any atom is -0.308 e. The van der Waals surface area contributed by atoms with Gasteiger partial charge < -0.3 is 5.43 Å². The highest BCUT2D eigenvalue weighted by Gasteiger charge is 2.15. The molecule has 1 aliphatic rings. The molecule has 2 aromatic rings. The summed E-state index contributed by atoms with van der Waals surface area (Å²) in [4.78, 5) is 8.87. The smallest absolute Gasteiger partial charge is 0.146 e. The standard InChI is InChI=1S/C13H18N6/c14-18-13(17-10-4-2-1-3-5-10)11-8-16-19-7-6-15-9-12(11)19/h6-10H,1-5,14H2,(H,17,18). The molecule has 6 nitrogen and oxygen atoms in total. The third-order valence-corrected chi connectivity index (χ3v) is 3.60. The Morgan fingerprint density at radius 2 is 2.16 bits per heavy atom. The Morgan fingerprint density at radius 3 is 2.95 bits per heavy atom. The molecule has 0 bridgehead atoms. The maximum atomic E-state index is 5.63. The molecule has 3 N–H and O–H groups in total. The maximum absolute atomic E-state index is 5.63. The van der Waals surface area contributed by atoms with Crippen molar-refractivity contribution >= 4 is 11.4 Å². The monoisotopic (exact) mass is 258 g/mol. The van der Waals surface area contributed by atoms with Crippen LogP contribution in [-0.2, 0) is 0 Å². The summed E-state index contributed by atoms with van der Waals surface area (Å²) in [5.41, 5.74) is 4.53. The number of hydrazine groups is 1. The zero-order valence-corrected chi connectivity index (χ0v) is 10.8. The molecule has 0 aliphatic heterocycles. The second kappa shape index (κ2) is 5.36. The van der Waals surface area contributed by atoms with Gasteiger partial charge in [0.15, 0.2) is 0 Å². The lowest BCUT2D eigenvalue weighted by Crippen LogP contribution is -2.32. The largest absolute Gasteiger partial charge is 0.308 e. The van der Waals surface area contributed by atoms with E-state index in [2.05, 4.69) is 15.5 Å². The van der Waals surface area contributed by atoms with Gasteiger partial charge >= 0.3 is 0 Å². The first-order valence-electron chi connectivity index (χ1n) is 6.70. The van der Waals surface area contributed by atoms with E-state index in [1.807, 2.05) is 6.20 Å². The molecule has 1 aliphatic carbocycles. The molecule has 100 valence electrons. The number of hydrogen-bond donors (Lipinski definition) is 2. The van der Waals surface area contributed by atoms with Gasteiger partial charge in [-0.3, -0.25) is 9.98 Å². The number of aromatic nitrogens is 3. The van der Waals surface area contributed by atoms with Crippen LogP contribution in [0.5, 0.6) is 0 Å². The summed E-state index contributed by atoms with van der Waals surface area (Å²) < 4.78 is 1.77. The lowest BCUT2D eigenvalue weighted by molar-refractivity contribution is 0.442. The molecule has 6 heteroatoms. The number of fused-ring (bicyclic) bond motifs is 1. The number of nitrogens with zero attached hydrogens (tertiary/aromatic N) is 4. The van der Waals surface area contributed by atoms with Crippen molar-refractivity contribution in [3.63, 3.8) is 0 Å². The quantitative estimate of drug-likeness (QED) is 0.368. The summed E-state index contributed by atoms with van der Waals surface area (Å²) in [6.45, 7) is 0. The molecule has 19 heavy (non-hydrogen) atoms. The molecule has 0 saturated heterocycles. The fourth-order valence-electron chi connectivity index (χ4n) is 2.59. The Morgan fingerprint density at radius 1 is 1.32 bits per heavy atom. The van der Waals surface area contributed by atoms with Crippen LogP contribution in [0.3, 0.4) is 0 Å². The zero-order valence-electron chi connectivity index (χ0n) is 10.8. The van der Waals surface area contributed by atoms with Crippen LogP contribution in [0.15, 0.2) is 29.8 Å². The average molecular weight is 258 g/mol. The van der Waals surface area contributed by atoms with Gasteiger partial charge in [0.05, 0.1) is 29.5 Å². The molecule has 0 amide bonds. The van der Waals surface area contributed by atoms with Gasteiger partial charge in [-0.05, 0) is 12.8 Å². The van der Waals surface area contributed by atoms with Crippen molar-refractivity contribution < 1.29 is 0 Å². The van der Waals surface area contributed by atoms with E-state index in [1.165, 1.54) is 19.3 Å². The van der Waals surface area contributed by atoms with Crippen molar-refractivity contribution in [1.29, 1.82) is 0 Å². The fourth-order valence-corrected chi connectivity index (χ4v) is 2.59. The normalized spacial score (nSPS) is 17.8. The van der Waals surface area contributed by atoms with Crippen molar-refractivity contribution in [3.8, 4) is 0 Å². The first-order valence-corrected chi connectivity index (χ1v) is 6.70. The topological polar surface area (TPSA) is 80.6 Å². The number of nitrogens with two attached hydrogens (primary N) is 1. The number of amidine groups is 1. The molecule has 0 spiro atoms. The molecule has 0 atom stereocenters. The fraction of sp³-hybridized carbons (Fsp3) is 0.462. The third-order valence-electron chi connectivity index (χ3n) is 3.60. The van der Waals surface area contributed by atoms with E-state index in [-0.39, 0.29) is 0 Å². The van der Waals surface area contributed by atoms with Crippen LogP contribution in [-0.4, -0.2) is 26.5 Å². The van der Waals surface area contributed by atoms with E-state index in [0.29, 0.717) is 11.9 Å². The summed E-state index contributed by atoms with van der Waals surface area (Å²) in [5, 5.41) is 4.28. The van der Waals surface area contributed by atoms with Gasteiger partial charge in [-0.1, -0.05) is 19.3 Å². The van der Waals surface area contributed by atoms with Crippen molar-refractivity contribution in [2.75, 3.05) is 0 Å². The SMILES string of the molecule is NNC(=NC1CCCCC1)c1cnn2ccncc12. The molecular formula is C13H18N6. The van der Waals surface area contributed by atoms with E-state index >= 15 is 0 Å². The molecule has 1 saturated carbocycles. The van der Waals surface area contributed by atoms with Crippen LogP contribution < -0.4 is 11.3 Å². The molecule has 0 radical (unpaired) electrons. The molecule has 0 unspecified atom stereocenters. The molecule has 3 rings (SSSR count). The van der Waals surface area contributed by atoms with Crippen LogP contribution in [0, 0.1) is 0 Å². The van der Waals surface area contributed by atoms with Crippen molar-refractivity contribution in [1.82, 2.24) is 20.0 Å². The second-order valence-corrected chi connectivity index (χ2v) is 4.88. The van der Waals surface area contributed by atoms with Gasteiger partial charge in [-0.15, -0.1) is 0 Å². The highest BCUT2D eigenvalue weighted by atomic mass is 15.3. The summed E-state index contributed by atoms with van der Waals surface area (Å²) in [6, 6.07) is 0.367. The van der Waals surface area contributed by atoms with Crippen LogP contribution in [0.1, 0.15) is 37.7 Å². The number of hydrogen-bond acceptors (Lipinski definition) is 4. The van der Waals surface area contributed by atoms with Gasteiger partial charge in [-0.2, -0.15) is 5.10 Å². The van der Waals surface area contributed by atoms with Gasteiger partial charge in [0, 0.05) is 12.4 Å². The summed E-state index contributed by atoms with van der Waals surface area (Å²) in [6.07, 6.45) is 13.2. The predicted molar refractivity (Wildman–Crippen MR) is 73.7 cm³/mol. The van der Waals surface area contributed by atoms with Gasteiger partial charge in [0.25, 0.3) is 0 Å². The Kier molecular flexibility index (Phi) is 3.41. The average Bonchev–Trinajstić information content (AvgIpc) is 2.90. The van der Waals surface area contributed by atoms with Crippen LogP contribution in [0.25, 0.3) is 5.52 Å². The summed E-state index contributed by atoms with van der Waals surface area (Å²) in [7, 11) is 0. The first kappa shape index (κ1) is 12.1. The van der Waals surface area contributed by atoms with E-state index in [9.17, 15) is 0 Å². The van der Waals surface area contributed by atoms with Crippen molar-refractivity contribution in [2.24, 2.45) is 10.8 Å². The Hall–Kier alpha value is -1.95. The minimum atomic E-state index is 0.367. The summed E-state index contributed by atoms with van der Waals surface area (Å²) >= 11 is 0. The van der Waals surface area contributed by atoms with E-state index < -0.39 is 0 Å². The van der Waals surface area contributed by atoms with E-state index in [1.54, 1.807) is 23.1 Å². The molecule has 2 aromatic heterocycles. The highest BCUT2D eigenvalue weighted by molar-refractivity contribution is 6.04. The Bertz CT molecular complexity index is 582. The maximum Gasteiger partial charge on any atom is 0.146 e. The van der Waals surface area contributed by atoms with Gasteiger partial charge in [-0.25, -0.2) is 10.4 Å². The van der Waals surface area contributed by atoms with E-state index in [0.717, 1.165) is 23.9 Å². The van der Waals surface area contributed by atoms with Crippen LogP contribution >= 0.6 is 0 Å². The van der Waals surface area contributed by atoms with Crippen molar-refractivity contribution in [2.45, 2.75) is 38.1 Å². The molecular weight excluding hydrogens is 240 g/mol. The van der Waals surface area contributed by atoms with E-state index in [4.69, 9.17) is 10.8 Å². The minimum absolute atomic E-state index is 0.367. The lowest BCUT2D eigenvalue weighted by Gasteiger charge is -2.18. The second-order valence-electron chi connectivity index (χ2n) is 4.88. The number of nitrogens with one attached hydrogen (secondary N) is 1. The highest BCUT2D eigenvalue weighted by Crippen LogP contribution is 2.21. The lowest BCUT2D eigenvalue weighted by atomic mass is 9.96. The first-order chi connectivity index (χ1) is 9.38.